The second-order valence-corrected chi connectivity index (χ2v) is 5.14. The lowest BCUT2D eigenvalue weighted by molar-refractivity contribution is 0.501. The topological polar surface area (TPSA) is 28.4 Å². The predicted molar refractivity (Wildman–Crippen MR) is 77.1 cm³/mol. The van der Waals surface area contributed by atoms with E-state index in [2.05, 4.69) is 34.5 Å². The summed E-state index contributed by atoms with van der Waals surface area (Å²) in [7, 11) is 1.97. The van der Waals surface area contributed by atoms with E-state index in [9.17, 15) is 0 Å². The molecule has 0 atom stereocenters. The Labute approximate surface area is 114 Å². The molecule has 100 valence electrons. The van der Waals surface area contributed by atoms with E-state index < -0.39 is 0 Å². The van der Waals surface area contributed by atoms with Crippen LogP contribution in [0.5, 0.6) is 0 Å². The maximum atomic E-state index is 5.47. The van der Waals surface area contributed by atoms with Crippen molar-refractivity contribution in [2.24, 2.45) is 0 Å². The highest BCUT2D eigenvalue weighted by atomic mass is 16.3. The minimum Gasteiger partial charge on any atom is -0.467 e. The molecule has 0 radical (unpaired) electrons. The molecule has 1 fully saturated rings. The minimum absolute atomic E-state index is 0.681. The van der Waals surface area contributed by atoms with E-state index in [1.54, 1.807) is 6.26 Å². The van der Waals surface area contributed by atoms with Crippen molar-refractivity contribution in [1.82, 2.24) is 5.32 Å². The molecular formula is C16H20N2O. The van der Waals surface area contributed by atoms with Crippen LogP contribution in [-0.4, -0.2) is 13.1 Å². The Hall–Kier alpha value is -1.74. The van der Waals surface area contributed by atoms with Crippen LogP contribution in [0.25, 0.3) is 0 Å². The number of nitrogens with one attached hydrogen (secondary N) is 1. The summed E-state index contributed by atoms with van der Waals surface area (Å²) < 4.78 is 5.47. The van der Waals surface area contributed by atoms with Gasteiger partial charge in [-0.25, -0.2) is 0 Å². The molecule has 1 heterocycles. The maximum absolute atomic E-state index is 5.47. The first-order valence-corrected chi connectivity index (χ1v) is 6.89. The van der Waals surface area contributed by atoms with Crippen molar-refractivity contribution in [1.29, 1.82) is 0 Å². The molecule has 0 bridgehead atoms. The number of nitrogens with zero attached hydrogens (tertiary/aromatic N) is 1. The third kappa shape index (κ3) is 2.99. The normalized spacial score (nSPS) is 14.6. The highest BCUT2D eigenvalue weighted by Gasteiger charge is 2.29. The molecule has 1 N–H and O–H groups in total. The molecule has 1 aromatic heterocycles. The van der Waals surface area contributed by atoms with Gasteiger partial charge in [0, 0.05) is 18.3 Å². The van der Waals surface area contributed by atoms with E-state index in [1.165, 1.54) is 24.1 Å². The van der Waals surface area contributed by atoms with Crippen molar-refractivity contribution < 1.29 is 4.42 Å². The Bertz CT molecular complexity index is 500. The van der Waals surface area contributed by atoms with E-state index >= 15 is 0 Å². The fourth-order valence-electron chi connectivity index (χ4n) is 2.40. The summed E-state index contributed by atoms with van der Waals surface area (Å²) in [5.41, 5.74) is 2.61. The molecule has 0 saturated heterocycles. The molecule has 1 aliphatic rings. The second-order valence-electron chi connectivity index (χ2n) is 5.14. The zero-order valence-corrected chi connectivity index (χ0v) is 11.3. The van der Waals surface area contributed by atoms with Crippen LogP contribution in [0.3, 0.4) is 0 Å². The fourth-order valence-corrected chi connectivity index (χ4v) is 2.40. The van der Waals surface area contributed by atoms with Crippen LogP contribution < -0.4 is 10.2 Å². The van der Waals surface area contributed by atoms with Gasteiger partial charge in [-0.05, 0) is 49.7 Å². The van der Waals surface area contributed by atoms with Gasteiger partial charge in [0.25, 0.3) is 0 Å². The maximum Gasteiger partial charge on any atom is 0.123 e. The molecule has 0 unspecified atom stereocenters. The van der Waals surface area contributed by atoms with Crippen LogP contribution in [0.15, 0.2) is 47.1 Å². The first-order valence-electron chi connectivity index (χ1n) is 6.89. The van der Waals surface area contributed by atoms with E-state index in [1.807, 2.05) is 19.2 Å². The molecule has 1 aromatic carbocycles. The number of benzene rings is 1. The molecule has 3 nitrogen and oxygen atoms in total. The Balaban J connectivity index is 1.76. The molecule has 3 rings (SSSR count). The van der Waals surface area contributed by atoms with Crippen molar-refractivity contribution in [3.63, 3.8) is 0 Å². The number of hydrogen-bond donors (Lipinski definition) is 1. The third-order valence-corrected chi connectivity index (χ3v) is 3.54. The van der Waals surface area contributed by atoms with E-state index in [0.717, 1.165) is 18.8 Å². The van der Waals surface area contributed by atoms with E-state index in [0.29, 0.717) is 6.04 Å². The quantitative estimate of drug-likeness (QED) is 0.860. The zero-order valence-electron chi connectivity index (χ0n) is 11.3. The Morgan fingerprint density at radius 3 is 2.58 bits per heavy atom. The molecule has 0 amide bonds. The molecule has 3 heteroatoms. The lowest BCUT2D eigenvalue weighted by Gasteiger charge is -2.23. The van der Waals surface area contributed by atoms with Crippen LogP contribution in [0.1, 0.15) is 24.2 Å². The van der Waals surface area contributed by atoms with Gasteiger partial charge >= 0.3 is 0 Å². The van der Waals surface area contributed by atoms with Gasteiger partial charge in [0.1, 0.15) is 5.76 Å². The van der Waals surface area contributed by atoms with Crippen LogP contribution >= 0.6 is 0 Å². The monoisotopic (exact) mass is 256 g/mol. The summed E-state index contributed by atoms with van der Waals surface area (Å²) in [5, 5.41) is 3.18. The summed E-state index contributed by atoms with van der Waals surface area (Å²) in [6, 6.07) is 13.5. The summed E-state index contributed by atoms with van der Waals surface area (Å²) in [6.45, 7) is 1.78. The Morgan fingerprint density at radius 1 is 1.21 bits per heavy atom. The third-order valence-electron chi connectivity index (χ3n) is 3.54. The van der Waals surface area contributed by atoms with Gasteiger partial charge in [-0.1, -0.05) is 12.1 Å². The lowest BCUT2D eigenvalue weighted by Crippen LogP contribution is -2.24. The van der Waals surface area contributed by atoms with Gasteiger partial charge in [-0.2, -0.15) is 0 Å². The zero-order chi connectivity index (χ0) is 13.1. The van der Waals surface area contributed by atoms with Crippen LogP contribution in [-0.2, 0) is 13.1 Å². The van der Waals surface area contributed by atoms with Crippen LogP contribution in [0.2, 0.25) is 0 Å². The van der Waals surface area contributed by atoms with Crippen molar-refractivity contribution in [3.8, 4) is 0 Å². The van der Waals surface area contributed by atoms with Crippen molar-refractivity contribution >= 4 is 5.69 Å². The summed E-state index contributed by atoms with van der Waals surface area (Å²) in [5.74, 6) is 1.03. The fraction of sp³-hybridized carbons (Fsp3) is 0.375. The average molecular weight is 256 g/mol. The number of anilines is 1. The summed E-state index contributed by atoms with van der Waals surface area (Å²) in [6.07, 6.45) is 4.33. The second kappa shape index (κ2) is 5.49. The van der Waals surface area contributed by atoms with Crippen molar-refractivity contribution in [2.45, 2.75) is 32.0 Å². The van der Waals surface area contributed by atoms with Gasteiger partial charge in [-0.3, -0.25) is 0 Å². The number of hydrogen-bond acceptors (Lipinski definition) is 3. The van der Waals surface area contributed by atoms with Crippen LogP contribution in [0, 0.1) is 0 Å². The Morgan fingerprint density at radius 2 is 2.00 bits per heavy atom. The van der Waals surface area contributed by atoms with E-state index in [-0.39, 0.29) is 0 Å². The molecule has 0 aliphatic heterocycles. The molecule has 2 aromatic rings. The van der Waals surface area contributed by atoms with Crippen molar-refractivity contribution in [2.75, 3.05) is 11.9 Å². The van der Waals surface area contributed by atoms with Gasteiger partial charge in [0.2, 0.25) is 0 Å². The molecule has 1 aliphatic carbocycles. The predicted octanol–water partition coefficient (Wildman–Crippen LogP) is 3.17. The van der Waals surface area contributed by atoms with Crippen molar-refractivity contribution in [3.05, 3.63) is 54.0 Å². The van der Waals surface area contributed by atoms with Gasteiger partial charge in [0.15, 0.2) is 0 Å². The average Bonchev–Trinajstić information content (AvgIpc) is 3.15. The van der Waals surface area contributed by atoms with Crippen LogP contribution in [0.4, 0.5) is 5.69 Å². The molecule has 1 saturated carbocycles. The SMILES string of the molecule is CNCc1ccc(N(Cc2ccco2)C2CC2)cc1. The number of rotatable bonds is 6. The summed E-state index contributed by atoms with van der Waals surface area (Å²) >= 11 is 0. The first-order chi connectivity index (χ1) is 9.36. The van der Waals surface area contributed by atoms with Gasteiger partial charge in [-0.15, -0.1) is 0 Å². The smallest absolute Gasteiger partial charge is 0.123 e. The molecule has 19 heavy (non-hydrogen) atoms. The van der Waals surface area contributed by atoms with E-state index in [4.69, 9.17) is 4.42 Å². The lowest BCUT2D eigenvalue weighted by atomic mass is 10.2. The van der Waals surface area contributed by atoms with Gasteiger partial charge in [0.05, 0.1) is 12.8 Å². The summed E-state index contributed by atoms with van der Waals surface area (Å²) in [4.78, 5) is 2.45. The largest absolute Gasteiger partial charge is 0.467 e. The standard InChI is InChI=1S/C16H20N2O/c1-17-11-13-4-6-14(7-5-13)18(15-8-9-15)12-16-3-2-10-19-16/h2-7,10,15,17H,8-9,11-12H2,1H3. The first kappa shape index (κ1) is 12.3. The minimum atomic E-state index is 0.681. The molecular weight excluding hydrogens is 236 g/mol. The number of furan rings is 1. The molecule has 0 spiro atoms. The highest BCUT2D eigenvalue weighted by Crippen LogP contribution is 2.33. The Kier molecular flexibility index (Phi) is 3.56. The highest BCUT2D eigenvalue weighted by molar-refractivity contribution is 5.50. The van der Waals surface area contributed by atoms with Gasteiger partial charge < -0.3 is 14.6 Å².